The molecule has 0 bridgehead atoms. The first-order chi connectivity index (χ1) is 9.47. The lowest BCUT2D eigenvalue weighted by Gasteiger charge is -2.35. The molecule has 1 saturated heterocycles. The quantitative estimate of drug-likeness (QED) is 0.859. The number of amides is 2. The fraction of sp³-hybridized carbons (Fsp3) is 0.600. The van der Waals surface area contributed by atoms with Gasteiger partial charge in [0, 0.05) is 37.5 Å². The SMILES string of the molecule is Cc1ccc(C(=O)N2CCN(C(=O)CC(C)C)CC2)s1. The summed E-state index contributed by atoms with van der Waals surface area (Å²) in [6, 6.07) is 3.86. The van der Waals surface area contributed by atoms with E-state index in [2.05, 4.69) is 13.8 Å². The Hall–Kier alpha value is -1.36. The zero-order valence-electron chi connectivity index (χ0n) is 12.4. The maximum atomic E-state index is 12.3. The summed E-state index contributed by atoms with van der Waals surface area (Å²) in [6.07, 6.45) is 0.595. The number of carbonyl (C=O) groups excluding carboxylic acids is 2. The van der Waals surface area contributed by atoms with E-state index in [0.29, 0.717) is 38.5 Å². The van der Waals surface area contributed by atoms with Crippen LogP contribution < -0.4 is 0 Å². The average molecular weight is 294 g/mol. The number of piperazine rings is 1. The maximum Gasteiger partial charge on any atom is 0.264 e. The van der Waals surface area contributed by atoms with Gasteiger partial charge in [0.15, 0.2) is 0 Å². The minimum atomic E-state index is 0.0964. The van der Waals surface area contributed by atoms with Crippen molar-refractivity contribution in [3.8, 4) is 0 Å². The first-order valence-electron chi connectivity index (χ1n) is 7.11. The minimum Gasteiger partial charge on any atom is -0.339 e. The molecule has 2 heterocycles. The molecule has 5 heteroatoms. The van der Waals surface area contributed by atoms with Crippen molar-refractivity contribution in [1.82, 2.24) is 9.80 Å². The lowest BCUT2D eigenvalue weighted by atomic mass is 10.1. The molecule has 20 heavy (non-hydrogen) atoms. The Kier molecular flexibility index (Phi) is 4.81. The van der Waals surface area contributed by atoms with E-state index < -0.39 is 0 Å². The highest BCUT2D eigenvalue weighted by molar-refractivity contribution is 7.13. The smallest absolute Gasteiger partial charge is 0.264 e. The second kappa shape index (κ2) is 6.39. The van der Waals surface area contributed by atoms with Crippen molar-refractivity contribution in [2.75, 3.05) is 26.2 Å². The van der Waals surface area contributed by atoms with E-state index >= 15 is 0 Å². The zero-order valence-corrected chi connectivity index (χ0v) is 13.2. The molecule has 0 N–H and O–H groups in total. The number of nitrogens with zero attached hydrogens (tertiary/aromatic N) is 2. The van der Waals surface area contributed by atoms with Gasteiger partial charge in [-0.15, -0.1) is 11.3 Å². The van der Waals surface area contributed by atoms with Gasteiger partial charge in [-0.25, -0.2) is 0 Å². The van der Waals surface area contributed by atoms with Crippen LogP contribution in [0.4, 0.5) is 0 Å². The molecule has 2 amide bonds. The van der Waals surface area contributed by atoms with E-state index in [4.69, 9.17) is 0 Å². The molecule has 0 radical (unpaired) electrons. The van der Waals surface area contributed by atoms with Crippen LogP contribution in [0.5, 0.6) is 0 Å². The van der Waals surface area contributed by atoms with Gasteiger partial charge in [-0.1, -0.05) is 13.8 Å². The lowest BCUT2D eigenvalue weighted by molar-refractivity contribution is -0.133. The van der Waals surface area contributed by atoms with Crippen molar-refractivity contribution >= 4 is 23.2 Å². The highest BCUT2D eigenvalue weighted by Gasteiger charge is 2.25. The Morgan fingerprint density at radius 3 is 2.25 bits per heavy atom. The summed E-state index contributed by atoms with van der Waals surface area (Å²) in [5.74, 6) is 0.689. The number of aryl methyl sites for hydroxylation is 1. The second-order valence-electron chi connectivity index (χ2n) is 5.68. The summed E-state index contributed by atoms with van der Waals surface area (Å²) in [4.78, 5) is 30.0. The van der Waals surface area contributed by atoms with Crippen molar-refractivity contribution in [3.05, 3.63) is 21.9 Å². The third-order valence-corrected chi connectivity index (χ3v) is 4.44. The van der Waals surface area contributed by atoms with E-state index in [9.17, 15) is 9.59 Å². The molecule has 0 unspecified atom stereocenters. The molecular formula is C15H22N2O2S. The first-order valence-corrected chi connectivity index (χ1v) is 7.92. The standard InChI is InChI=1S/C15H22N2O2S/c1-11(2)10-14(18)16-6-8-17(9-7-16)15(19)13-5-4-12(3)20-13/h4-5,11H,6-10H2,1-3H3. The normalized spacial score (nSPS) is 15.8. The molecule has 0 spiro atoms. The number of hydrogen-bond acceptors (Lipinski definition) is 3. The van der Waals surface area contributed by atoms with Crippen LogP contribution in [-0.4, -0.2) is 47.8 Å². The van der Waals surface area contributed by atoms with Crippen molar-refractivity contribution in [3.63, 3.8) is 0 Å². The third kappa shape index (κ3) is 3.60. The van der Waals surface area contributed by atoms with Gasteiger partial charge in [-0.05, 0) is 25.0 Å². The number of rotatable bonds is 3. The molecule has 1 aromatic heterocycles. The van der Waals surface area contributed by atoms with Gasteiger partial charge in [-0.3, -0.25) is 9.59 Å². The molecule has 2 rings (SSSR count). The van der Waals surface area contributed by atoms with Crippen LogP contribution in [0.3, 0.4) is 0 Å². The Morgan fingerprint density at radius 1 is 1.15 bits per heavy atom. The second-order valence-corrected chi connectivity index (χ2v) is 6.97. The van der Waals surface area contributed by atoms with Crippen LogP contribution in [0.1, 0.15) is 34.8 Å². The molecule has 1 aromatic rings. The topological polar surface area (TPSA) is 40.6 Å². The number of carbonyl (C=O) groups is 2. The van der Waals surface area contributed by atoms with Gasteiger partial charge in [-0.2, -0.15) is 0 Å². The van der Waals surface area contributed by atoms with Crippen LogP contribution in [0.15, 0.2) is 12.1 Å². The Labute approximate surface area is 124 Å². The fourth-order valence-electron chi connectivity index (χ4n) is 2.34. The van der Waals surface area contributed by atoms with Crippen LogP contribution >= 0.6 is 11.3 Å². The summed E-state index contributed by atoms with van der Waals surface area (Å²) >= 11 is 1.53. The molecule has 0 aliphatic carbocycles. The first kappa shape index (κ1) is 15.0. The summed E-state index contributed by atoms with van der Waals surface area (Å²) < 4.78 is 0. The van der Waals surface area contributed by atoms with Gasteiger partial charge in [0.1, 0.15) is 0 Å². The Bertz CT molecular complexity index is 488. The van der Waals surface area contributed by atoms with Crippen molar-refractivity contribution < 1.29 is 9.59 Å². The van der Waals surface area contributed by atoms with Crippen LogP contribution in [0.2, 0.25) is 0 Å². The molecule has 1 aliphatic rings. The monoisotopic (exact) mass is 294 g/mol. The van der Waals surface area contributed by atoms with Gasteiger partial charge in [0.25, 0.3) is 5.91 Å². The summed E-state index contributed by atoms with van der Waals surface area (Å²) in [5.41, 5.74) is 0. The Morgan fingerprint density at radius 2 is 1.75 bits per heavy atom. The summed E-state index contributed by atoms with van der Waals surface area (Å²) in [6.45, 7) is 8.69. The highest BCUT2D eigenvalue weighted by Crippen LogP contribution is 2.18. The van der Waals surface area contributed by atoms with Gasteiger partial charge >= 0.3 is 0 Å². The van der Waals surface area contributed by atoms with Gasteiger partial charge < -0.3 is 9.80 Å². The molecule has 4 nitrogen and oxygen atoms in total. The fourth-order valence-corrected chi connectivity index (χ4v) is 3.18. The van der Waals surface area contributed by atoms with Gasteiger partial charge in [0.2, 0.25) is 5.91 Å². The predicted molar refractivity (Wildman–Crippen MR) is 81.0 cm³/mol. The summed E-state index contributed by atoms with van der Waals surface area (Å²) in [7, 11) is 0. The van der Waals surface area contributed by atoms with Crippen LogP contribution in [-0.2, 0) is 4.79 Å². The maximum absolute atomic E-state index is 12.3. The van der Waals surface area contributed by atoms with Crippen molar-refractivity contribution in [1.29, 1.82) is 0 Å². The largest absolute Gasteiger partial charge is 0.339 e. The molecule has 0 atom stereocenters. The third-order valence-electron chi connectivity index (χ3n) is 3.45. The van der Waals surface area contributed by atoms with E-state index in [-0.39, 0.29) is 11.8 Å². The van der Waals surface area contributed by atoms with Crippen molar-refractivity contribution in [2.24, 2.45) is 5.92 Å². The molecule has 0 saturated carbocycles. The summed E-state index contributed by atoms with van der Waals surface area (Å²) in [5, 5.41) is 0. The molecule has 1 aliphatic heterocycles. The van der Waals surface area contributed by atoms with Crippen LogP contribution in [0.25, 0.3) is 0 Å². The van der Waals surface area contributed by atoms with Gasteiger partial charge in [0.05, 0.1) is 4.88 Å². The highest BCUT2D eigenvalue weighted by atomic mass is 32.1. The molecule has 1 fully saturated rings. The van der Waals surface area contributed by atoms with E-state index in [0.717, 1.165) is 9.75 Å². The Balaban J connectivity index is 1.88. The minimum absolute atomic E-state index is 0.0964. The van der Waals surface area contributed by atoms with E-state index in [1.807, 2.05) is 28.9 Å². The zero-order chi connectivity index (χ0) is 14.7. The van der Waals surface area contributed by atoms with Crippen molar-refractivity contribution in [2.45, 2.75) is 27.2 Å². The van der Waals surface area contributed by atoms with E-state index in [1.165, 1.54) is 11.3 Å². The lowest BCUT2D eigenvalue weighted by Crippen LogP contribution is -2.50. The predicted octanol–water partition coefficient (Wildman–Crippen LogP) is 2.39. The number of hydrogen-bond donors (Lipinski definition) is 0. The number of thiophene rings is 1. The molecule has 110 valence electrons. The molecular weight excluding hydrogens is 272 g/mol. The average Bonchev–Trinajstić information content (AvgIpc) is 2.84. The van der Waals surface area contributed by atoms with Crippen LogP contribution in [0, 0.1) is 12.8 Å². The van der Waals surface area contributed by atoms with E-state index in [1.54, 1.807) is 0 Å². The molecule has 0 aromatic carbocycles.